The molecule has 0 aromatic heterocycles. The molecule has 0 spiro atoms. The highest BCUT2D eigenvalue weighted by Gasteiger charge is 2.23. The third-order valence-electron chi connectivity index (χ3n) is 2.28. The van der Waals surface area contributed by atoms with Gasteiger partial charge >= 0.3 is 0 Å². The Balaban J connectivity index is 3.02. The fourth-order valence-electron chi connectivity index (χ4n) is 1.30. The van der Waals surface area contributed by atoms with Gasteiger partial charge in [0, 0.05) is 18.7 Å². The Morgan fingerprint density at radius 1 is 1.21 bits per heavy atom. The van der Waals surface area contributed by atoms with E-state index >= 15 is 0 Å². The molecule has 0 aliphatic rings. The van der Waals surface area contributed by atoms with Crippen molar-refractivity contribution in [3.8, 4) is 0 Å². The average Bonchev–Trinajstić information content (AvgIpc) is 2.24. The molecule has 0 atom stereocenters. The van der Waals surface area contributed by atoms with Crippen molar-refractivity contribution in [1.29, 1.82) is 0 Å². The molecule has 0 saturated heterocycles. The number of sulfonamides is 1. The van der Waals surface area contributed by atoms with Gasteiger partial charge in [-0.05, 0) is 6.07 Å². The summed E-state index contributed by atoms with van der Waals surface area (Å²) in [6, 6.07) is 0.717. The molecule has 1 amide bonds. The van der Waals surface area contributed by atoms with E-state index in [-0.39, 0.29) is 6.07 Å². The van der Waals surface area contributed by atoms with Crippen LogP contribution in [0.5, 0.6) is 0 Å². The largest absolute Gasteiger partial charge is 0.369 e. The fraction of sp³-hybridized carbons (Fsp3) is 0.300. The molecule has 19 heavy (non-hydrogen) atoms. The number of primary amides is 1. The molecule has 0 radical (unpaired) electrons. The zero-order chi connectivity index (χ0) is 14.8. The van der Waals surface area contributed by atoms with Crippen LogP contribution >= 0.6 is 0 Å². The number of nitrogens with zero attached hydrogens (tertiary/aromatic N) is 1. The van der Waals surface area contributed by atoms with Gasteiger partial charge in [-0.25, -0.2) is 21.6 Å². The molecule has 9 heteroatoms. The van der Waals surface area contributed by atoms with E-state index in [2.05, 4.69) is 0 Å². The van der Waals surface area contributed by atoms with Crippen LogP contribution in [0.1, 0.15) is 5.56 Å². The molecule has 106 valence electrons. The second-order valence-electron chi connectivity index (χ2n) is 3.84. The van der Waals surface area contributed by atoms with Crippen molar-refractivity contribution >= 4 is 15.9 Å². The van der Waals surface area contributed by atoms with Crippen LogP contribution < -0.4 is 5.73 Å². The van der Waals surface area contributed by atoms with Gasteiger partial charge in [-0.1, -0.05) is 0 Å². The van der Waals surface area contributed by atoms with Crippen LogP contribution in [0.25, 0.3) is 0 Å². The summed E-state index contributed by atoms with van der Waals surface area (Å²) in [7, 11) is -2.99. The van der Waals surface area contributed by atoms with Crippen LogP contribution in [0.2, 0.25) is 0 Å². The summed E-state index contributed by atoms with van der Waals surface area (Å²) in [4.78, 5) is 10.6. The second-order valence-corrected chi connectivity index (χ2v) is 5.91. The van der Waals surface area contributed by atoms with Gasteiger partial charge in [0.05, 0.1) is 12.3 Å². The van der Waals surface area contributed by atoms with E-state index in [0.717, 1.165) is 7.05 Å². The van der Waals surface area contributed by atoms with E-state index in [1.165, 1.54) is 0 Å². The van der Waals surface area contributed by atoms with Crippen molar-refractivity contribution < 1.29 is 26.4 Å². The first-order valence-corrected chi connectivity index (χ1v) is 6.60. The third kappa shape index (κ3) is 3.93. The van der Waals surface area contributed by atoms with Crippen molar-refractivity contribution in [2.24, 2.45) is 5.73 Å². The number of carbonyl (C=O) groups excluding carboxylic acids is 1. The molecule has 1 rings (SSSR count). The van der Waals surface area contributed by atoms with Gasteiger partial charge in [0.25, 0.3) is 0 Å². The standard InChI is InChI=1S/C10H11F3N2O3S/c1-15(4-10(14)16)19(17,18)5-6-2-8(12)9(13)3-7(6)11/h2-3H,4-5H2,1H3,(H2,14,16). The number of benzene rings is 1. The lowest BCUT2D eigenvalue weighted by Gasteiger charge is -2.15. The summed E-state index contributed by atoms with van der Waals surface area (Å²) in [5.41, 5.74) is 4.30. The van der Waals surface area contributed by atoms with Crippen LogP contribution in [0, 0.1) is 17.5 Å². The first kappa shape index (κ1) is 15.4. The van der Waals surface area contributed by atoms with Gasteiger partial charge in [-0.15, -0.1) is 0 Å². The molecule has 1 aromatic rings. The Kier molecular flexibility index (Phi) is 4.53. The van der Waals surface area contributed by atoms with Crippen molar-refractivity contribution in [2.45, 2.75) is 5.75 Å². The summed E-state index contributed by atoms with van der Waals surface area (Å²) >= 11 is 0. The van der Waals surface area contributed by atoms with Crippen molar-refractivity contribution in [1.82, 2.24) is 4.31 Å². The molecule has 0 bridgehead atoms. The van der Waals surface area contributed by atoms with Gasteiger partial charge in [0.15, 0.2) is 11.6 Å². The summed E-state index contributed by atoms with van der Waals surface area (Å²) in [5, 5.41) is 0. The van der Waals surface area contributed by atoms with Crippen LogP contribution in [0.3, 0.4) is 0 Å². The van der Waals surface area contributed by atoms with Crippen LogP contribution in [0.15, 0.2) is 12.1 Å². The summed E-state index contributed by atoms with van der Waals surface area (Å²) in [6.07, 6.45) is 0. The van der Waals surface area contributed by atoms with E-state index < -0.39 is 51.2 Å². The zero-order valence-corrected chi connectivity index (χ0v) is 10.7. The third-order valence-corrected chi connectivity index (χ3v) is 4.04. The molecule has 0 unspecified atom stereocenters. The summed E-state index contributed by atoms with van der Waals surface area (Å²) in [5.74, 6) is -5.75. The lowest BCUT2D eigenvalue weighted by Crippen LogP contribution is -2.36. The Morgan fingerprint density at radius 2 is 1.74 bits per heavy atom. The SMILES string of the molecule is CN(CC(N)=O)S(=O)(=O)Cc1cc(F)c(F)cc1F. The van der Waals surface area contributed by atoms with Gasteiger partial charge in [0.2, 0.25) is 15.9 Å². The number of amides is 1. The molecular weight excluding hydrogens is 285 g/mol. The van der Waals surface area contributed by atoms with Crippen molar-refractivity contribution in [3.05, 3.63) is 35.1 Å². The number of rotatable bonds is 5. The molecule has 2 N–H and O–H groups in total. The van der Waals surface area contributed by atoms with Gasteiger partial charge in [-0.3, -0.25) is 4.79 Å². The lowest BCUT2D eigenvalue weighted by molar-refractivity contribution is -0.118. The maximum Gasteiger partial charge on any atom is 0.232 e. The molecule has 0 aliphatic heterocycles. The maximum absolute atomic E-state index is 13.3. The van der Waals surface area contributed by atoms with E-state index in [1.807, 2.05) is 0 Å². The first-order valence-electron chi connectivity index (χ1n) is 4.99. The van der Waals surface area contributed by atoms with E-state index in [9.17, 15) is 26.4 Å². The van der Waals surface area contributed by atoms with Crippen LogP contribution in [-0.4, -0.2) is 32.2 Å². The fourth-order valence-corrected chi connectivity index (χ4v) is 2.46. The minimum Gasteiger partial charge on any atom is -0.369 e. The smallest absolute Gasteiger partial charge is 0.232 e. The van der Waals surface area contributed by atoms with Gasteiger partial charge in [-0.2, -0.15) is 4.31 Å². The van der Waals surface area contributed by atoms with Crippen LogP contribution in [-0.2, 0) is 20.6 Å². The molecular formula is C10H11F3N2O3S. The predicted octanol–water partition coefficient (Wildman–Crippen LogP) is 0.351. The van der Waals surface area contributed by atoms with Crippen LogP contribution in [0.4, 0.5) is 13.2 Å². The Labute approximate surface area is 107 Å². The van der Waals surface area contributed by atoms with E-state index in [4.69, 9.17) is 5.73 Å². The number of nitrogens with two attached hydrogens (primary N) is 1. The lowest BCUT2D eigenvalue weighted by atomic mass is 10.2. The number of hydrogen-bond donors (Lipinski definition) is 1. The Bertz CT molecular complexity index is 604. The highest BCUT2D eigenvalue weighted by atomic mass is 32.2. The first-order chi connectivity index (χ1) is 8.63. The molecule has 0 aliphatic carbocycles. The van der Waals surface area contributed by atoms with Gasteiger partial charge < -0.3 is 5.73 Å². The average molecular weight is 296 g/mol. The Morgan fingerprint density at radius 3 is 2.26 bits per heavy atom. The zero-order valence-electron chi connectivity index (χ0n) is 9.86. The van der Waals surface area contributed by atoms with Crippen molar-refractivity contribution in [2.75, 3.05) is 13.6 Å². The quantitative estimate of drug-likeness (QED) is 0.796. The minimum absolute atomic E-state index is 0.258. The molecule has 0 fully saturated rings. The maximum atomic E-state index is 13.3. The molecule has 0 heterocycles. The van der Waals surface area contributed by atoms with E-state index in [0.29, 0.717) is 10.4 Å². The highest BCUT2D eigenvalue weighted by Crippen LogP contribution is 2.17. The number of halogens is 3. The monoisotopic (exact) mass is 296 g/mol. The summed E-state index contributed by atoms with van der Waals surface area (Å²) in [6.45, 7) is -0.590. The molecule has 1 aromatic carbocycles. The number of hydrogen-bond acceptors (Lipinski definition) is 3. The van der Waals surface area contributed by atoms with Crippen molar-refractivity contribution in [3.63, 3.8) is 0 Å². The number of carbonyl (C=O) groups is 1. The summed E-state index contributed by atoms with van der Waals surface area (Å²) < 4.78 is 63.0. The topological polar surface area (TPSA) is 80.5 Å². The second kappa shape index (κ2) is 5.57. The number of likely N-dealkylation sites (N-methyl/N-ethyl adjacent to an activating group) is 1. The predicted molar refractivity (Wildman–Crippen MR) is 60.8 cm³/mol. The van der Waals surface area contributed by atoms with E-state index in [1.54, 1.807) is 0 Å². The minimum atomic E-state index is -4.06. The molecule has 0 saturated carbocycles. The normalized spacial score (nSPS) is 11.8. The Hall–Kier alpha value is -1.61. The molecule has 5 nitrogen and oxygen atoms in total. The van der Waals surface area contributed by atoms with Gasteiger partial charge in [0.1, 0.15) is 5.82 Å². The highest BCUT2D eigenvalue weighted by molar-refractivity contribution is 7.88.